The topological polar surface area (TPSA) is 87.1 Å². The summed E-state index contributed by atoms with van der Waals surface area (Å²) < 4.78 is 2.02. The van der Waals surface area contributed by atoms with Crippen molar-refractivity contribution < 1.29 is 4.79 Å². The summed E-state index contributed by atoms with van der Waals surface area (Å²) in [5.74, 6) is 0.283. The van der Waals surface area contributed by atoms with Gasteiger partial charge in [0.2, 0.25) is 0 Å². The van der Waals surface area contributed by atoms with E-state index < -0.39 is 5.56 Å². The number of carbonyl (C=O) groups excluding carboxylic acids is 1. The number of carbonyl (C=O) groups is 1. The molecule has 4 rings (SSSR count). The Bertz CT molecular complexity index is 1170. The SMILES string of the molecule is Cc1ccccc1Cn1c(C(=O)N(C)C)nc2c1CCN(c1cn[nH]c(=O)c1Cl)C2. The van der Waals surface area contributed by atoms with Crippen molar-refractivity contribution in [3.63, 3.8) is 0 Å². The molecule has 0 fully saturated rings. The van der Waals surface area contributed by atoms with Gasteiger partial charge in [0.25, 0.3) is 11.5 Å². The van der Waals surface area contributed by atoms with Gasteiger partial charge in [0.05, 0.1) is 24.1 Å². The molecule has 2 aromatic heterocycles. The average Bonchev–Trinajstić information content (AvgIpc) is 3.08. The molecule has 1 aliphatic heterocycles. The summed E-state index contributed by atoms with van der Waals surface area (Å²) in [5.41, 5.74) is 4.32. The molecule has 0 atom stereocenters. The molecule has 1 aliphatic rings. The molecule has 0 bridgehead atoms. The Morgan fingerprint density at radius 2 is 2.07 bits per heavy atom. The zero-order valence-corrected chi connectivity index (χ0v) is 17.9. The molecule has 0 unspecified atom stereocenters. The molecule has 3 heterocycles. The van der Waals surface area contributed by atoms with Crippen LogP contribution in [0.3, 0.4) is 0 Å². The highest BCUT2D eigenvalue weighted by molar-refractivity contribution is 6.33. The van der Waals surface area contributed by atoms with E-state index in [2.05, 4.69) is 29.3 Å². The molecule has 30 heavy (non-hydrogen) atoms. The van der Waals surface area contributed by atoms with Crippen LogP contribution in [0.4, 0.5) is 5.69 Å². The van der Waals surface area contributed by atoms with Crippen LogP contribution in [0, 0.1) is 6.92 Å². The van der Waals surface area contributed by atoms with Crippen molar-refractivity contribution in [2.24, 2.45) is 0 Å². The number of amides is 1. The highest BCUT2D eigenvalue weighted by Crippen LogP contribution is 2.29. The Kier molecular flexibility index (Phi) is 5.34. The number of anilines is 1. The van der Waals surface area contributed by atoms with Gasteiger partial charge < -0.3 is 14.4 Å². The zero-order valence-electron chi connectivity index (χ0n) is 17.1. The second-order valence-electron chi connectivity index (χ2n) is 7.61. The van der Waals surface area contributed by atoms with E-state index >= 15 is 0 Å². The summed E-state index contributed by atoms with van der Waals surface area (Å²) in [6.07, 6.45) is 2.23. The van der Waals surface area contributed by atoms with Crippen LogP contribution in [0.25, 0.3) is 0 Å². The second kappa shape index (κ2) is 7.95. The van der Waals surface area contributed by atoms with Crippen molar-refractivity contribution in [2.75, 3.05) is 25.5 Å². The molecule has 3 aromatic rings. The monoisotopic (exact) mass is 426 g/mol. The van der Waals surface area contributed by atoms with Crippen molar-refractivity contribution >= 4 is 23.2 Å². The lowest BCUT2D eigenvalue weighted by molar-refractivity contribution is 0.0811. The fourth-order valence-corrected chi connectivity index (χ4v) is 3.95. The predicted octanol–water partition coefficient (Wildman–Crippen LogP) is 2.24. The lowest BCUT2D eigenvalue weighted by atomic mass is 10.1. The Morgan fingerprint density at radius 3 is 2.80 bits per heavy atom. The number of fused-ring (bicyclic) bond motifs is 1. The lowest BCUT2D eigenvalue weighted by Gasteiger charge is -2.29. The molecule has 0 radical (unpaired) electrons. The minimum Gasteiger partial charge on any atom is -0.362 e. The number of halogens is 1. The summed E-state index contributed by atoms with van der Waals surface area (Å²) in [6.45, 7) is 3.74. The third kappa shape index (κ3) is 3.59. The van der Waals surface area contributed by atoms with Crippen molar-refractivity contribution in [3.8, 4) is 0 Å². The maximum absolute atomic E-state index is 12.9. The fourth-order valence-electron chi connectivity index (χ4n) is 3.73. The van der Waals surface area contributed by atoms with Gasteiger partial charge in [-0.05, 0) is 18.1 Å². The van der Waals surface area contributed by atoms with Crippen LogP contribution in [0.1, 0.15) is 33.1 Å². The summed E-state index contributed by atoms with van der Waals surface area (Å²) >= 11 is 6.20. The number of imidazole rings is 1. The lowest BCUT2D eigenvalue weighted by Crippen LogP contribution is -2.33. The van der Waals surface area contributed by atoms with Gasteiger partial charge in [-0.3, -0.25) is 9.59 Å². The summed E-state index contributed by atoms with van der Waals surface area (Å²) in [7, 11) is 3.45. The standard InChI is InChI=1S/C21H23ClN6O2/c1-13-6-4-5-7-14(13)11-28-16-8-9-27(17-10-23-25-20(29)18(17)22)12-15(16)24-19(28)21(30)26(2)3/h4-7,10H,8-9,11-12H2,1-3H3,(H,25,29). The first-order valence-electron chi connectivity index (χ1n) is 9.69. The fraction of sp³-hybridized carbons (Fsp3) is 0.333. The number of nitrogens with zero attached hydrogens (tertiary/aromatic N) is 5. The van der Waals surface area contributed by atoms with Crippen LogP contribution in [-0.2, 0) is 19.5 Å². The van der Waals surface area contributed by atoms with E-state index in [1.165, 1.54) is 10.5 Å². The number of aryl methyl sites for hydroxylation is 1. The summed E-state index contributed by atoms with van der Waals surface area (Å²) in [6, 6.07) is 8.15. The Hall–Kier alpha value is -3.13. The minimum atomic E-state index is -0.423. The molecule has 0 saturated carbocycles. The molecule has 156 valence electrons. The maximum Gasteiger partial charge on any atom is 0.289 e. The molecule has 0 spiro atoms. The van der Waals surface area contributed by atoms with Crippen LogP contribution in [0.15, 0.2) is 35.3 Å². The Morgan fingerprint density at radius 1 is 1.30 bits per heavy atom. The first-order chi connectivity index (χ1) is 14.4. The Labute approximate surface area is 179 Å². The quantitative estimate of drug-likeness (QED) is 0.691. The third-order valence-electron chi connectivity index (χ3n) is 5.42. The Balaban J connectivity index is 1.75. The number of H-pyrrole nitrogens is 1. The predicted molar refractivity (Wildman–Crippen MR) is 115 cm³/mol. The largest absolute Gasteiger partial charge is 0.362 e. The van der Waals surface area contributed by atoms with E-state index in [1.807, 2.05) is 21.6 Å². The molecular formula is C21H23ClN6O2. The number of nitrogens with one attached hydrogen (secondary N) is 1. The first kappa shape index (κ1) is 20.2. The molecule has 1 N–H and O–H groups in total. The van der Waals surface area contributed by atoms with Gasteiger partial charge in [-0.15, -0.1) is 0 Å². The van der Waals surface area contributed by atoms with E-state index in [0.717, 1.165) is 17.0 Å². The number of aromatic nitrogens is 4. The number of rotatable bonds is 4. The molecule has 0 aliphatic carbocycles. The molecular weight excluding hydrogens is 404 g/mol. The molecule has 8 nitrogen and oxygen atoms in total. The summed E-state index contributed by atoms with van der Waals surface area (Å²) in [4.78, 5) is 32.9. The van der Waals surface area contributed by atoms with E-state index in [9.17, 15) is 9.59 Å². The van der Waals surface area contributed by atoms with Gasteiger partial charge in [-0.25, -0.2) is 10.1 Å². The smallest absolute Gasteiger partial charge is 0.289 e. The van der Waals surface area contributed by atoms with E-state index in [0.29, 0.717) is 37.6 Å². The van der Waals surface area contributed by atoms with Crippen LogP contribution >= 0.6 is 11.6 Å². The highest BCUT2D eigenvalue weighted by atomic mass is 35.5. The second-order valence-corrected chi connectivity index (χ2v) is 7.99. The average molecular weight is 427 g/mol. The van der Waals surface area contributed by atoms with Gasteiger partial charge in [0, 0.05) is 39.3 Å². The van der Waals surface area contributed by atoms with E-state index in [1.54, 1.807) is 20.3 Å². The van der Waals surface area contributed by atoms with Crippen molar-refractivity contribution in [3.05, 3.63) is 74.2 Å². The van der Waals surface area contributed by atoms with Crippen LogP contribution in [-0.4, -0.2) is 51.2 Å². The van der Waals surface area contributed by atoms with Crippen LogP contribution < -0.4 is 10.5 Å². The van der Waals surface area contributed by atoms with E-state index in [-0.39, 0.29) is 10.9 Å². The van der Waals surface area contributed by atoms with E-state index in [4.69, 9.17) is 16.6 Å². The molecule has 0 saturated heterocycles. The van der Waals surface area contributed by atoms with Crippen LogP contribution in [0.2, 0.25) is 5.02 Å². The van der Waals surface area contributed by atoms with Crippen molar-refractivity contribution in [1.29, 1.82) is 0 Å². The summed E-state index contributed by atoms with van der Waals surface area (Å²) in [5, 5.41) is 6.31. The normalized spacial score (nSPS) is 13.3. The number of hydrogen-bond donors (Lipinski definition) is 1. The number of benzene rings is 1. The van der Waals surface area contributed by atoms with Gasteiger partial charge >= 0.3 is 0 Å². The minimum absolute atomic E-state index is 0.109. The van der Waals surface area contributed by atoms with Crippen molar-refractivity contribution in [2.45, 2.75) is 26.4 Å². The van der Waals surface area contributed by atoms with Crippen molar-refractivity contribution in [1.82, 2.24) is 24.6 Å². The maximum atomic E-state index is 12.9. The molecule has 1 aromatic carbocycles. The van der Waals surface area contributed by atoms with Gasteiger partial charge in [-0.1, -0.05) is 35.9 Å². The van der Waals surface area contributed by atoms with Gasteiger partial charge in [0.15, 0.2) is 5.82 Å². The number of aromatic amines is 1. The molecule has 9 heteroatoms. The van der Waals surface area contributed by atoms with Gasteiger partial charge in [-0.2, -0.15) is 5.10 Å². The third-order valence-corrected chi connectivity index (χ3v) is 5.78. The van der Waals surface area contributed by atoms with Crippen LogP contribution in [0.5, 0.6) is 0 Å². The zero-order chi connectivity index (χ0) is 21.4. The molecule has 1 amide bonds. The van der Waals surface area contributed by atoms with Gasteiger partial charge in [0.1, 0.15) is 5.02 Å². The first-order valence-corrected chi connectivity index (χ1v) is 10.1. The highest BCUT2D eigenvalue weighted by Gasteiger charge is 2.29. The number of hydrogen-bond acceptors (Lipinski definition) is 5.